The fraction of sp³-hybridized carbons (Fsp3) is 0. The molecule has 0 N–H and O–H groups in total. The quantitative estimate of drug-likeness (QED) is 0.170. The number of hydrogen-bond acceptors (Lipinski definition) is 5. The van der Waals surface area contributed by atoms with E-state index in [2.05, 4.69) is 140 Å². The maximum Gasteiger partial charge on any atom is 0.167 e. The molecule has 0 atom stereocenters. The van der Waals surface area contributed by atoms with Gasteiger partial charge in [-0.1, -0.05) is 140 Å². The summed E-state index contributed by atoms with van der Waals surface area (Å²) in [6.07, 6.45) is 0. The van der Waals surface area contributed by atoms with E-state index in [0.29, 0.717) is 17.5 Å². The van der Waals surface area contributed by atoms with E-state index in [1.807, 2.05) is 36.4 Å². The molecule has 0 bridgehead atoms. The summed E-state index contributed by atoms with van der Waals surface area (Å²) < 4.78 is 13.3. The lowest BCUT2D eigenvalue weighted by Gasteiger charge is -2.14. The van der Waals surface area contributed by atoms with E-state index >= 15 is 0 Å². The molecule has 56 heavy (non-hydrogen) atoms. The van der Waals surface area contributed by atoms with Gasteiger partial charge in [-0.15, -0.1) is 0 Å². The summed E-state index contributed by atoms with van der Waals surface area (Å²) in [4.78, 5) is 16.0. The Morgan fingerprint density at radius 1 is 0.286 bits per heavy atom. The van der Waals surface area contributed by atoms with Gasteiger partial charge in [0, 0.05) is 38.2 Å². The molecule has 0 aliphatic heterocycles. The molecule has 0 amide bonds. The van der Waals surface area contributed by atoms with Crippen LogP contribution in [0.2, 0.25) is 0 Å². The molecule has 0 fully saturated rings. The third-order valence-corrected chi connectivity index (χ3v) is 11.1. The average Bonchev–Trinajstić information content (AvgIpc) is 3.85. The standard InChI is InChI=1S/C51H29N3O2/c1-3-16-32-30(13-1)15-11-22-35(32)39-27-28-41(46-40-21-8-10-26-45(40)56-48(39)46)49-52-50(42-24-12-23-38-37-20-7-9-25-44(37)55-47(38)42)54-51(53-49)43-29-31-14-2-4-17-33(31)34-18-5-6-19-36(34)43/h1-29H. The van der Waals surface area contributed by atoms with Crippen molar-refractivity contribution < 1.29 is 8.83 Å². The first-order valence-electron chi connectivity index (χ1n) is 18.8. The van der Waals surface area contributed by atoms with Crippen molar-refractivity contribution in [3.8, 4) is 45.3 Å². The first-order valence-corrected chi connectivity index (χ1v) is 18.8. The van der Waals surface area contributed by atoms with Crippen molar-refractivity contribution in [3.63, 3.8) is 0 Å². The summed E-state index contributed by atoms with van der Waals surface area (Å²) in [6.45, 7) is 0. The van der Waals surface area contributed by atoms with Crippen molar-refractivity contribution in [1.29, 1.82) is 0 Å². The van der Waals surface area contributed by atoms with Crippen LogP contribution >= 0.6 is 0 Å². The molecule has 260 valence electrons. The van der Waals surface area contributed by atoms with E-state index in [4.69, 9.17) is 23.8 Å². The molecule has 0 saturated heterocycles. The van der Waals surface area contributed by atoms with E-state index in [1.165, 1.54) is 10.8 Å². The molecule has 0 aliphatic carbocycles. The summed E-state index contributed by atoms with van der Waals surface area (Å²) in [6, 6.07) is 60.9. The van der Waals surface area contributed by atoms with Crippen molar-refractivity contribution >= 4 is 76.2 Å². The van der Waals surface area contributed by atoms with Crippen molar-refractivity contribution in [2.24, 2.45) is 0 Å². The molecule has 3 heterocycles. The number of benzene rings is 9. The average molecular weight is 716 g/mol. The zero-order chi connectivity index (χ0) is 36.7. The predicted molar refractivity (Wildman–Crippen MR) is 229 cm³/mol. The fourth-order valence-corrected chi connectivity index (χ4v) is 8.59. The minimum absolute atomic E-state index is 0.533. The van der Waals surface area contributed by atoms with Gasteiger partial charge in [-0.25, -0.2) is 15.0 Å². The van der Waals surface area contributed by atoms with Crippen molar-refractivity contribution in [2.45, 2.75) is 0 Å². The second-order valence-corrected chi connectivity index (χ2v) is 14.3. The third kappa shape index (κ3) is 4.58. The van der Waals surface area contributed by atoms with E-state index in [9.17, 15) is 0 Å². The van der Waals surface area contributed by atoms with Gasteiger partial charge in [-0.2, -0.15) is 0 Å². The van der Waals surface area contributed by atoms with Crippen LogP contribution in [0, 0.1) is 0 Å². The lowest BCUT2D eigenvalue weighted by atomic mass is 9.94. The van der Waals surface area contributed by atoms with E-state index < -0.39 is 0 Å². The minimum Gasteiger partial charge on any atom is -0.455 e. The van der Waals surface area contributed by atoms with Gasteiger partial charge < -0.3 is 8.83 Å². The Balaban J connectivity index is 1.18. The van der Waals surface area contributed by atoms with Crippen LogP contribution < -0.4 is 0 Å². The second kappa shape index (κ2) is 11.9. The van der Waals surface area contributed by atoms with Crippen molar-refractivity contribution in [1.82, 2.24) is 15.0 Å². The predicted octanol–water partition coefficient (Wildman–Crippen LogP) is 13.8. The van der Waals surface area contributed by atoms with Gasteiger partial charge in [0.05, 0.1) is 5.56 Å². The number of hydrogen-bond donors (Lipinski definition) is 0. The first kappa shape index (κ1) is 30.8. The Bertz CT molecular complexity index is 3550. The summed E-state index contributed by atoms with van der Waals surface area (Å²) in [7, 11) is 0. The van der Waals surface area contributed by atoms with Crippen LogP contribution in [0.15, 0.2) is 185 Å². The number of furan rings is 2. The fourth-order valence-electron chi connectivity index (χ4n) is 8.59. The van der Waals surface area contributed by atoms with Crippen LogP contribution in [0.25, 0.3) is 121 Å². The molecule has 0 aliphatic rings. The largest absolute Gasteiger partial charge is 0.455 e. The Hall–Kier alpha value is -7.63. The molecule has 0 unspecified atom stereocenters. The number of fused-ring (bicyclic) bond motifs is 10. The Morgan fingerprint density at radius 3 is 1.62 bits per heavy atom. The highest BCUT2D eigenvalue weighted by molar-refractivity contribution is 6.18. The highest BCUT2D eigenvalue weighted by Crippen LogP contribution is 2.44. The molecule has 3 aromatic heterocycles. The van der Waals surface area contributed by atoms with Crippen molar-refractivity contribution in [2.75, 3.05) is 0 Å². The molecular weight excluding hydrogens is 687 g/mol. The van der Waals surface area contributed by atoms with Gasteiger partial charge in [-0.05, 0) is 74.3 Å². The van der Waals surface area contributed by atoms with Crippen LogP contribution in [0.3, 0.4) is 0 Å². The number of rotatable bonds is 4. The van der Waals surface area contributed by atoms with Crippen LogP contribution in [0.1, 0.15) is 0 Å². The summed E-state index contributed by atoms with van der Waals surface area (Å²) in [5, 5.41) is 10.9. The van der Waals surface area contributed by atoms with E-state index in [1.54, 1.807) is 0 Å². The lowest BCUT2D eigenvalue weighted by Crippen LogP contribution is -2.01. The molecular formula is C51H29N3O2. The zero-order valence-corrected chi connectivity index (χ0v) is 29.9. The van der Waals surface area contributed by atoms with Gasteiger partial charge in [0.25, 0.3) is 0 Å². The van der Waals surface area contributed by atoms with Crippen molar-refractivity contribution in [3.05, 3.63) is 176 Å². The second-order valence-electron chi connectivity index (χ2n) is 14.3. The van der Waals surface area contributed by atoms with Crippen LogP contribution in [-0.2, 0) is 0 Å². The van der Waals surface area contributed by atoms with Gasteiger partial charge >= 0.3 is 0 Å². The highest BCUT2D eigenvalue weighted by Gasteiger charge is 2.23. The van der Waals surface area contributed by atoms with Gasteiger partial charge in [0.15, 0.2) is 17.5 Å². The maximum absolute atomic E-state index is 6.79. The summed E-state index contributed by atoms with van der Waals surface area (Å²) in [5.41, 5.74) is 7.87. The molecule has 0 spiro atoms. The van der Waals surface area contributed by atoms with E-state index in [0.717, 1.165) is 93.2 Å². The topological polar surface area (TPSA) is 65.0 Å². The highest BCUT2D eigenvalue weighted by atomic mass is 16.3. The molecule has 5 heteroatoms. The van der Waals surface area contributed by atoms with Gasteiger partial charge in [0.1, 0.15) is 22.3 Å². The Labute approximate surface area is 320 Å². The first-order chi connectivity index (χ1) is 27.8. The SMILES string of the molecule is c1ccc2c(-c3ccc(-c4nc(-c5cc6ccccc6c6ccccc56)nc(-c5cccc6c5oc5ccccc56)n4)c4c3oc3ccccc34)cccc2c1. The summed E-state index contributed by atoms with van der Waals surface area (Å²) >= 11 is 0. The molecule has 0 saturated carbocycles. The van der Waals surface area contributed by atoms with E-state index in [-0.39, 0.29) is 0 Å². The van der Waals surface area contributed by atoms with Crippen LogP contribution in [0.4, 0.5) is 0 Å². The Kier molecular flexibility index (Phi) is 6.56. The molecule has 12 rings (SSSR count). The minimum atomic E-state index is 0.533. The zero-order valence-electron chi connectivity index (χ0n) is 29.9. The lowest BCUT2D eigenvalue weighted by molar-refractivity contribution is 0.669. The molecule has 0 radical (unpaired) electrons. The molecule has 5 nitrogen and oxygen atoms in total. The Morgan fingerprint density at radius 2 is 0.804 bits per heavy atom. The smallest absolute Gasteiger partial charge is 0.167 e. The third-order valence-electron chi connectivity index (χ3n) is 11.1. The maximum atomic E-state index is 6.79. The molecule has 9 aromatic carbocycles. The van der Waals surface area contributed by atoms with Gasteiger partial charge in [0.2, 0.25) is 0 Å². The number of aromatic nitrogens is 3. The normalized spacial score (nSPS) is 11.9. The van der Waals surface area contributed by atoms with Crippen LogP contribution in [-0.4, -0.2) is 15.0 Å². The van der Waals surface area contributed by atoms with Crippen LogP contribution in [0.5, 0.6) is 0 Å². The summed E-state index contributed by atoms with van der Waals surface area (Å²) in [5.74, 6) is 1.67. The van der Waals surface area contributed by atoms with Gasteiger partial charge in [-0.3, -0.25) is 0 Å². The monoisotopic (exact) mass is 715 g/mol. The number of para-hydroxylation sites is 3. The molecule has 12 aromatic rings. The number of nitrogens with zero attached hydrogens (tertiary/aromatic N) is 3.